The highest BCUT2D eigenvalue weighted by Crippen LogP contribution is 2.52. The van der Waals surface area contributed by atoms with Crippen LogP contribution in [0.4, 0.5) is 11.4 Å². The van der Waals surface area contributed by atoms with Crippen LogP contribution in [0.25, 0.3) is 38.8 Å². The molecule has 7 aromatic carbocycles. The SMILES string of the molecule is CC(C)(C)c1cc(Oc2ccc3c4cc(C(C)(C)C)ccc4n(-c4cc(C(C)(C)C)ccn4)c3c2)cc(N2CN(c3cc(-c4ccccc4)cc(C(C)(C)C)c3)C(C(C)(C)c3ccccc3)=C2C(C)(C)c2ccccc2)c1. The molecule has 0 saturated carbocycles. The standard InChI is InChI=1S/C72H80N4O/c1-67(2,3)52-32-35-62-61(43-52)60-34-33-58(46-63(60)76(62)64-44-53(36-37-73-64)68(4,5)6)77-59-42-55(70(10,11)12)41-57(45-59)75-47-74(56-39-49(48-26-20-17-21-27-48)38-54(40-56)69(7,8)9)65(71(13,14)50-28-22-18-23-29-50)66(75)72(15,16)51-30-24-19-25-31-51/h17-46H,47H2,1-16H3. The van der Waals surface area contributed by atoms with Gasteiger partial charge in [0.25, 0.3) is 0 Å². The number of aromatic nitrogens is 2. The molecule has 1 aliphatic heterocycles. The largest absolute Gasteiger partial charge is 0.457 e. The minimum atomic E-state index is -0.455. The van der Waals surface area contributed by atoms with Gasteiger partial charge in [-0.25, -0.2) is 4.98 Å². The quantitative estimate of drug-likeness (QED) is 0.137. The summed E-state index contributed by atoms with van der Waals surface area (Å²) in [5.74, 6) is 2.45. The number of nitrogens with zero attached hydrogens (tertiary/aromatic N) is 4. The lowest BCUT2D eigenvalue weighted by Gasteiger charge is -2.38. The lowest BCUT2D eigenvalue weighted by atomic mass is 9.73. The first kappa shape index (κ1) is 53.0. The van der Waals surface area contributed by atoms with Crippen molar-refractivity contribution in [1.29, 1.82) is 0 Å². The van der Waals surface area contributed by atoms with Gasteiger partial charge in [0.2, 0.25) is 0 Å². The first-order valence-corrected chi connectivity index (χ1v) is 27.7. The molecule has 0 atom stereocenters. The number of hydrogen-bond donors (Lipinski definition) is 0. The van der Waals surface area contributed by atoms with E-state index in [0.29, 0.717) is 6.67 Å². The Balaban J connectivity index is 1.20. The highest BCUT2D eigenvalue weighted by molar-refractivity contribution is 6.10. The summed E-state index contributed by atoms with van der Waals surface area (Å²) >= 11 is 0. The van der Waals surface area contributed by atoms with Crippen LogP contribution in [0.15, 0.2) is 194 Å². The van der Waals surface area contributed by atoms with Crippen molar-refractivity contribution < 1.29 is 4.74 Å². The van der Waals surface area contributed by atoms with Crippen molar-refractivity contribution in [3.05, 3.63) is 227 Å². The maximum Gasteiger partial charge on any atom is 0.137 e. The molecule has 0 amide bonds. The second kappa shape index (κ2) is 19.3. The Morgan fingerprint density at radius 1 is 0.364 bits per heavy atom. The first-order chi connectivity index (χ1) is 36.2. The van der Waals surface area contributed by atoms with Gasteiger partial charge in [-0.2, -0.15) is 0 Å². The van der Waals surface area contributed by atoms with Crippen LogP contribution in [0.2, 0.25) is 0 Å². The molecule has 10 rings (SSSR count). The van der Waals surface area contributed by atoms with Crippen molar-refractivity contribution in [3.8, 4) is 28.4 Å². The molecule has 2 aromatic heterocycles. The van der Waals surface area contributed by atoms with Gasteiger partial charge >= 0.3 is 0 Å². The molecule has 3 heterocycles. The minimum Gasteiger partial charge on any atom is -0.457 e. The van der Waals surface area contributed by atoms with Crippen LogP contribution in [0.5, 0.6) is 11.5 Å². The van der Waals surface area contributed by atoms with E-state index in [1.807, 2.05) is 6.20 Å². The molecule has 77 heavy (non-hydrogen) atoms. The molecule has 0 N–H and O–H groups in total. The fourth-order valence-electron chi connectivity index (χ4n) is 11.4. The van der Waals surface area contributed by atoms with Gasteiger partial charge in [-0.3, -0.25) is 4.57 Å². The Bertz CT molecular complexity index is 3660. The monoisotopic (exact) mass is 1020 g/mol. The zero-order chi connectivity index (χ0) is 55.0. The van der Waals surface area contributed by atoms with E-state index in [1.54, 1.807) is 0 Å². The summed E-state index contributed by atoms with van der Waals surface area (Å²) < 4.78 is 9.60. The average Bonchev–Trinajstić information content (AvgIpc) is 3.98. The van der Waals surface area contributed by atoms with Gasteiger partial charge in [0.05, 0.1) is 29.1 Å². The molecule has 9 aromatic rings. The molecule has 5 nitrogen and oxygen atoms in total. The Hall–Kier alpha value is -7.37. The molecular weight excluding hydrogens is 937 g/mol. The normalized spacial score (nSPS) is 14.1. The van der Waals surface area contributed by atoms with E-state index in [4.69, 9.17) is 9.72 Å². The van der Waals surface area contributed by atoms with E-state index in [-0.39, 0.29) is 21.7 Å². The maximum absolute atomic E-state index is 7.27. The molecule has 1 aliphatic rings. The van der Waals surface area contributed by atoms with E-state index >= 15 is 0 Å². The summed E-state index contributed by atoms with van der Waals surface area (Å²) in [7, 11) is 0. The Morgan fingerprint density at radius 2 is 0.870 bits per heavy atom. The van der Waals surface area contributed by atoms with Gasteiger partial charge in [0, 0.05) is 51.3 Å². The topological polar surface area (TPSA) is 33.5 Å². The van der Waals surface area contributed by atoms with E-state index in [9.17, 15) is 0 Å². The average molecular weight is 1020 g/mol. The summed E-state index contributed by atoms with van der Waals surface area (Å²) in [5.41, 5.74) is 15.6. The highest BCUT2D eigenvalue weighted by Gasteiger charge is 2.47. The predicted octanol–water partition coefficient (Wildman–Crippen LogP) is 19.3. The van der Waals surface area contributed by atoms with Crippen molar-refractivity contribution in [2.45, 2.75) is 143 Å². The number of allylic oxidation sites excluding steroid dienone is 2. The summed E-state index contributed by atoms with van der Waals surface area (Å²) in [4.78, 5) is 10.3. The Kier molecular flexibility index (Phi) is 13.3. The predicted molar refractivity (Wildman–Crippen MR) is 328 cm³/mol. The van der Waals surface area contributed by atoms with E-state index in [1.165, 1.54) is 72.4 Å². The summed E-state index contributed by atoms with van der Waals surface area (Å²) in [5, 5.41) is 2.37. The molecule has 0 spiro atoms. The maximum atomic E-state index is 7.27. The lowest BCUT2D eigenvalue weighted by Crippen LogP contribution is -2.35. The zero-order valence-electron chi connectivity index (χ0n) is 48.7. The van der Waals surface area contributed by atoms with Gasteiger partial charge in [-0.1, -0.05) is 214 Å². The molecule has 0 unspecified atom stereocenters. The summed E-state index contributed by atoms with van der Waals surface area (Å²) in [6.45, 7) is 37.8. The van der Waals surface area contributed by atoms with Gasteiger partial charge in [-0.05, 0) is 127 Å². The van der Waals surface area contributed by atoms with E-state index in [0.717, 1.165) is 34.0 Å². The fourth-order valence-corrected chi connectivity index (χ4v) is 11.4. The number of hydrogen-bond acceptors (Lipinski definition) is 4. The van der Waals surface area contributed by atoms with Crippen LogP contribution in [0.3, 0.4) is 0 Å². The van der Waals surface area contributed by atoms with Crippen molar-refractivity contribution in [2.24, 2.45) is 0 Å². The molecule has 0 saturated heterocycles. The minimum absolute atomic E-state index is 0.0107. The van der Waals surface area contributed by atoms with Crippen LogP contribution in [-0.2, 0) is 32.5 Å². The number of rotatable bonds is 10. The number of fused-ring (bicyclic) bond motifs is 3. The van der Waals surface area contributed by atoms with Crippen LogP contribution in [0.1, 0.15) is 144 Å². The number of ether oxygens (including phenoxy) is 1. The van der Waals surface area contributed by atoms with Crippen molar-refractivity contribution in [3.63, 3.8) is 0 Å². The van der Waals surface area contributed by atoms with Crippen LogP contribution < -0.4 is 14.5 Å². The number of benzene rings is 7. The van der Waals surface area contributed by atoms with Gasteiger partial charge in [0.1, 0.15) is 17.3 Å². The third-order valence-corrected chi connectivity index (χ3v) is 16.2. The van der Waals surface area contributed by atoms with E-state index in [2.05, 4.69) is 301 Å². The second-order valence-electron chi connectivity index (χ2n) is 26.8. The van der Waals surface area contributed by atoms with Crippen LogP contribution in [0, 0.1) is 0 Å². The van der Waals surface area contributed by atoms with Crippen LogP contribution >= 0.6 is 0 Å². The molecule has 394 valence electrons. The zero-order valence-corrected chi connectivity index (χ0v) is 48.7. The third-order valence-electron chi connectivity index (χ3n) is 16.2. The molecule has 0 bridgehead atoms. The van der Waals surface area contributed by atoms with Gasteiger partial charge < -0.3 is 14.5 Å². The number of anilines is 2. The number of pyridine rings is 1. The molecular formula is C72H80N4O. The smallest absolute Gasteiger partial charge is 0.137 e. The molecule has 5 heteroatoms. The van der Waals surface area contributed by atoms with Gasteiger partial charge in [0.15, 0.2) is 0 Å². The lowest BCUT2D eigenvalue weighted by molar-refractivity contribution is 0.479. The summed E-state index contributed by atoms with van der Waals surface area (Å²) in [6.07, 6.45) is 1.95. The van der Waals surface area contributed by atoms with Crippen LogP contribution in [-0.4, -0.2) is 16.2 Å². The molecule has 0 aliphatic carbocycles. The molecule has 0 radical (unpaired) electrons. The fraction of sp³-hybridized carbons (Fsp3) is 0.319. The summed E-state index contributed by atoms with van der Waals surface area (Å²) in [6, 6.07) is 65.1. The Morgan fingerprint density at radius 3 is 1.42 bits per heavy atom. The van der Waals surface area contributed by atoms with Crippen molar-refractivity contribution in [2.75, 3.05) is 16.5 Å². The van der Waals surface area contributed by atoms with Crippen molar-refractivity contribution in [1.82, 2.24) is 9.55 Å². The van der Waals surface area contributed by atoms with Crippen molar-refractivity contribution >= 4 is 33.2 Å². The second-order valence-corrected chi connectivity index (χ2v) is 26.8. The third kappa shape index (κ3) is 10.2. The first-order valence-electron chi connectivity index (χ1n) is 27.7. The molecule has 0 fully saturated rings. The Labute approximate surface area is 460 Å². The van der Waals surface area contributed by atoms with E-state index < -0.39 is 10.8 Å². The van der Waals surface area contributed by atoms with Gasteiger partial charge in [-0.15, -0.1) is 0 Å². The highest BCUT2D eigenvalue weighted by atomic mass is 16.5.